The number of hydrogen-bond donors (Lipinski definition) is 0. The van der Waals surface area contributed by atoms with Crippen molar-refractivity contribution in [1.29, 1.82) is 0 Å². The third kappa shape index (κ3) is 7.44. The third-order valence-corrected chi connectivity index (χ3v) is 11.2. The predicted molar refractivity (Wildman–Crippen MR) is 248 cm³/mol. The van der Waals surface area contributed by atoms with Crippen molar-refractivity contribution in [2.24, 2.45) is 0 Å². The number of alkyl halides is 3. The lowest BCUT2D eigenvalue weighted by atomic mass is 9.97. The van der Waals surface area contributed by atoms with Crippen molar-refractivity contribution in [2.45, 2.75) is 6.18 Å². The van der Waals surface area contributed by atoms with Gasteiger partial charge in [-0.1, -0.05) is 152 Å². The molecule has 7 aromatic carbocycles. The second kappa shape index (κ2) is 16.2. The highest BCUT2D eigenvalue weighted by molar-refractivity contribution is 6.10. The lowest BCUT2D eigenvalue weighted by Gasteiger charge is -2.18. The second-order valence-corrected chi connectivity index (χ2v) is 15.3. The predicted octanol–water partition coefficient (Wildman–Crippen LogP) is 13.2. The number of aromatic nitrogens is 8. The van der Waals surface area contributed by atoms with Crippen molar-refractivity contribution < 1.29 is 13.2 Å². The van der Waals surface area contributed by atoms with E-state index in [0.717, 1.165) is 39.4 Å². The fourth-order valence-corrected chi connectivity index (χ4v) is 8.17. The first kappa shape index (κ1) is 39.2. The smallest absolute Gasteiger partial charge is 0.309 e. The average molecular weight is 851 g/mol. The molecule has 0 aliphatic heterocycles. The van der Waals surface area contributed by atoms with Gasteiger partial charge in [-0.25, -0.2) is 29.9 Å². The molecule has 0 aliphatic carbocycles. The molecular formula is C54H33F3N8. The van der Waals surface area contributed by atoms with Crippen molar-refractivity contribution in [2.75, 3.05) is 0 Å². The Balaban J connectivity index is 1.19. The quantitative estimate of drug-likeness (QED) is 0.150. The van der Waals surface area contributed by atoms with E-state index in [4.69, 9.17) is 29.9 Å². The van der Waals surface area contributed by atoms with E-state index in [-0.39, 0.29) is 0 Å². The zero-order valence-corrected chi connectivity index (χ0v) is 34.3. The van der Waals surface area contributed by atoms with Gasteiger partial charge in [0.05, 0.1) is 22.3 Å². The summed E-state index contributed by atoms with van der Waals surface area (Å²) in [6.07, 6.45) is -1.10. The maximum Gasteiger partial charge on any atom is 0.416 e. The van der Waals surface area contributed by atoms with Crippen LogP contribution < -0.4 is 0 Å². The molecule has 11 heteroatoms. The summed E-state index contributed by atoms with van der Waals surface area (Å²) in [7, 11) is 0. The Kier molecular flexibility index (Phi) is 9.77. The van der Waals surface area contributed by atoms with Gasteiger partial charge in [-0.05, 0) is 42.0 Å². The molecule has 0 unspecified atom stereocenters. The van der Waals surface area contributed by atoms with Gasteiger partial charge in [0.1, 0.15) is 0 Å². The highest BCUT2D eigenvalue weighted by Crippen LogP contribution is 2.42. The number of nitrogens with zero attached hydrogens (tertiary/aromatic N) is 8. The van der Waals surface area contributed by atoms with Crippen LogP contribution in [0.2, 0.25) is 0 Å². The number of hydrogen-bond acceptors (Lipinski definition) is 7. The maximum atomic E-state index is 14.3. The molecule has 310 valence electrons. The van der Waals surface area contributed by atoms with Crippen LogP contribution in [0.1, 0.15) is 5.56 Å². The topological polar surface area (TPSA) is 95.2 Å². The summed E-state index contributed by atoms with van der Waals surface area (Å²) >= 11 is 0. The van der Waals surface area contributed by atoms with Crippen LogP contribution in [-0.2, 0) is 6.18 Å². The molecule has 0 atom stereocenters. The molecule has 4 aromatic heterocycles. The van der Waals surface area contributed by atoms with Crippen LogP contribution in [0.15, 0.2) is 200 Å². The van der Waals surface area contributed by atoms with Crippen LogP contribution >= 0.6 is 0 Å². The summed E-state index contributed by atoms with van der Waals surface area (Å²) in [6.45, 7) is 0. The van der Waals surface area contributed by atoms with Crippen LogP contribution in [0.5, 0.6) is 0 Å². The largest absolute Gasteiger partial charge is 0.416 e. The number of para-hydroxylation sites is 1. The molecule has 0 spiro atoms. The molecule has 11 rings (SSSR count). The molecule has 0 N–H and O–H groups in total. The van der Waals surface area contributed by atoms with Gasteiger partial charge in [-0.15, -0.1) is 0 Å². The summed E-state index contributed by atoms with van der Waals surface area (Å²) in [5, 5.41) is 1.12. The Bertz CT molecular complexity index is 3410. The summed E-state index contributed by atoms with van der Waals surface area (Å²) in [5.74, 6) is 2.77. The third-order valence-electron chi connectivity index (χ3n) is 11.2. The lowest BCUT2D eigenvalue weighted by molar-refractivity contribution is -0.137. The molecule has 0 saturated carbocycles. The molecule has 0 saturated heterocycles. The first-order valence-electron chi connectivity index (χ1n) is 20.8. The summed E-state index contributed by atoms with van der Waals surface area (Å²) in [6, 6.07) is 58.1. The van der Waals surface area contributed by atoms with Crippen LogP contribution in [0.4, 0.5) is 13.2 Å². The zero-order chi connectivity index (χ0) is 43.9. The standard InChI is InChI=1S/C54H33F3N8/c55-54(56,57)39-26-28-46-43(32-39)41-23-13-14-24-45(41)65(46)47-31-38(52-61-48(34-15-5-1-6-16-34)59-49(62-52)35-17-7-2-8-18-35)25-27-42(47)40-29-30-58-33-44(40)53-63-50(36-19-9-3-10-20-36)60-51(64-53)37-21-11-4-12-22-37/h1-33H. The van der Waals surface area contributed by atoms with E-state index < -0.39 is 11.7 Å². The fourth-order valence-electron chi connectivity index (χ4n) is 8.17. The number of rotatable bonds is 8. The van der Waals surface area contributed by atoms with Crippen LogP contribution in [0.25, 0.3) is 107 Å². The van der Waals surface area contributed by atoms with Gasteiger partial charge < -0.3 is 4.57 Å². The highest BCUT2D eigenvalue weighted by Gasteiger charge is 2.31. The minimum atomic E-state index is -4.54. The molecule has 8 nitrogen and oxygen atoms in total. The molecule has 0 fully saturated rings. The van der Waals surface area contributed by atoms with Crippen molar-refractivity contribution in [3.63, 3.8) is 0 Å². The van der Waals surface area contributed by atoms with E-state index in [1.54, 1.807) is 12.4 Å². The van der Waals surface area contributed by atoms with E-state index >= 15 is 0 Å². The average Bonchev–Trinajstić information content (AvgIpc) is 3.70. The minimum absolute atomic E-state index is 0.394. The number of benzene rings is 7. The van der Waals surface area contributed by atoms with Gasteiger partial charge in [0.15, 0.2) is 34.9 Å². The van der Waals surface area contributed by atoms with Gasteiger partial charge in [0.2, 0.25) is 0 Å². The normalized spacial score (nSPS) is 11.6. The molecule has 0 aliphatic rings. The van der Waals surface area contributed by atoms with E-state index in [9.17, 15) is 13.2 Å². The summed E-state index contributed by atoms with van der Waals surface area (Å²) in [4.78, 5) is 34.6. The van der Waals surface area contributed by atoms with E-state index in [2.05, 4.69) is 4.98 Å². The Morgan fingerprint density at radius 1 is 0.354 bits per heavy atom. The Morgan fingerprint density at radius 2 is 0.815 bits per heavy atom. The second-order valence-electron chi connectivity index (χ2n) is 15.3. The number of fused-ring (bicyclic) bond motifs is 3. The SMILES string of the molecule is FC(F)(F)c1ccc2c(c1)c1ccccc1n2-c1cc(-c2nc(-c3ccccc3)nc(-c3ccccc3)n2)ccc1-c1ccncc1-c1nc(-c2ccccc2)nc(-c2ccccc2)n1. The van der Waals surface area contributed by atoms with E-state index in [0.29, 0.717) is 73.6 Å². The maximum absolute atomic E-state index is 14.3. The van der Waals surface area contributed by atoms with Crippen LogP contribution in [0.3, 0.4) is 0 Å². The summed E-state index contributed by atoms with van der Waals surface area (Å²) < 4.78 is 44.9. The molecule has 0 bridgehead atoms. The number of pyridine rings is 1. The molecule has 11 aromatic rings. The zero-order valence-electron chi connectivity index (χ0n) is 34.3. The molecule has 0 radical (unpaired) electrons. The molecule has 65 heavy (non-hydrogen) atoms. The van der Waals surface area contributed by atoms with E-state index in [1.165, 1.54) is 12.1 Å². The molecular weight excluding hydrogens is 818 g/mol. The van der Waals surface area contributed by atoms with Gasteiger partial charge in [0.25, 0.3) is 0 Å². The van der Waals surface area contributed by atoms with Gasteiger partial charge in [-0.2, -0.15) is 13.2 Å². The monoisotopic (exact) mass is 850 g/mol. The van der Waals surface area contributed by atoms with Crippen LogP contribution in [-0.4, -0.2) is 39.5 Å². The van der Waals surface area contributed by atoms with Gasteiger partial charge in [-0.3, -0.25) is 4.98 Å². The Morgan fingerprint density at radius 3 is 1.34 bits per heavy atom. The minimum Gasteiger partial charge on any atom is -0.309 e. The van der Waals surface area contributed by atoms with Gasteiger partial charge >= 0.3 is 6.18 Å². The number of halogens is 3. The summed E-state index contributed by atoms with van der Waals surface area (Å²) in [5.41, 5.74) is 7.22. The van der Waals surface area contributed by atoms with Crippen molar-refractivity contribution in [1.82, 2.24) is 39.5 Å². The lowest BCUT2D eigenvalue weighted by Crippen LogP contribution is -2.05. The van der Waals surface area contributed by atoms with Crippen molar-refractivity contribution in [3.8, 4) is 85.1 Å². The first-order chi connectivity index (χ1) is 31.9. The molecule has 4 heterocycles. The van der Waals surface area contributed by atoms with Gasteiger partial charge in [0, 0.05) is 62.1 Å². The van der Waals surface area contributed by atoms with Crippen LogP contribution in [0, 0.1) is 0 Å². The Labute approximate surface area is 370 Å². The van der Waals surface area contributed by atoms with Crippen molar-refractivity contribution in [3.05, 3.63) is 206 Å². The first-order valence-corrected chi connectivity index (χ1v) is 20.8. The highest BCUT2D eigenvalue weighted by atomic mass is 19.4. The Hall–Kier alpha value is -8.70. The molecule has 0 amide bonds. The van der Waals surface area contributed by atoms with Crippen molar-refractivity contribution >= 4 is 21.8 Å². The van der Waals surface area contributed by atoms with E-state index in [1.807, 2.05) is 174 Å². The fraction of sp³-hybridized carbons (Fsp3) is 0.0185.